The molecular formula is C21H27N3O2. The first-order chi connectivity index (χ1) is 12.5. The van der Waals surface area contributed by atoms with Crippen LogP contribution in [-0.4, -0.2) is 23.3 Å². The van der Waals surface area contributed by atoms with Crippen LogP contribution >= 0.6 is 0 Å². The van der Waals surface area contributed by atoms with Crippen LogP contribution in [0.2, 0.25) is 0 Å². The maximum atomic E-state index is 5.61. The van der Waals surface area contributed by atoms with Crippen molar-refractivity contribution in [2.75, 3.05) is 18.5 Å². The second kappa shape index (κ2) is 7.77. The summed E-state index contributed by atoms with van der Waals surface area (Å²) in [5.74, 6) is 2.00. The van der Waals surface area contributed by atoms with Crippen LogP contribution in [-0.2, 0) is 0 Å². The third-order valence-electron chi connectivity index (χ3n) is 4.55. The van der Waals surface area contributed by atoms with E-state index in [1.807, 2.05) is 25.4 Å². The lowest BCUT2D eigenvalue weighted by atomic mass is 10.0. The van der Waals surface area contributed by atoms with Crippen LogP contribution in [0.4, 0.5) is 5.69 Å². The van der Waals surface area contributed by atoms with Gasteiger partial charge in [0.1, 0.15) is 12.4 Å². The molecule has 0 atom stereocenters. The predicted molar refractivity (Wildman–Crippen MR) is 105 cm³/mol. The van der Waals surface area contributed by atoms with Crippen molar-refractivity contribution < 1.29 is 9.26 Å². The molecule has 0 saturated heterocycles. The Morgan fingerprint density at radius 2 is 1.88 bits per heavy atom. The Kier molecular flexibility index (Phi) is 5.45. The zero-order valence-electron chi connectivity index (χ0n) is 16.2. The van der Waals surface area contributed by atoms with E-state index >= 15 is 0 Å². The van der Waals surface area contributed by atoms with Gasteiger partial charge in [-0.15, -0.1) is 0 Å². The normalized spacial score (nSPS) is 13.0. The molecule has 0 fully saturated rings. The summed E-state index contributed by atoms with van der Waals surface area (Å²) in [6, 6.07) is 6.24. The lowest BCUT2D eigenvalue weighted by molar-refractivity contribution is 0.318. The Labute approximate surface area is 154 Å². The van der Waals surface area contributed by atoms with Gasteiger partial charge >= 0.3 is 0 Å². The fourth-order valence-corrected chi connectivity index (χ4v) is 2.94. The second-order valence-corrected chi connectivity index (χ2v) is 7.21. The molecule has 26 heavy (non-hydrogen) atoms. The second-order valence-electron chi connectivity index (χ2n) is 7.21. The Bertz CT molecular complexity index is 884. The molecule has 5 heteroatoms. The third kappa shape index (κ3) is 3.82. The summed E-state index contributed by atoms with van der Waals surface area (Å²) in [5.41, 5.74) is 5.39. The average molecular weight is 353 g/mol. The van der Waals surface area contributed by atoms with Crippen LogP contribution in [0.3, 0.4) is 0 Å². The van der Waals surface area contributed by atoms with Crippen molar-refractivity contribution in [3.05, 3.63) is 47.4 Å². The van der Waals surface area contributed by atoms with Crippen molar-refractivity contribution in [1.29, 1.82) is 0 Å². The number of ether oxygens (including phenoxy) is 1. The van der Waals surface area contributed by atoms with Crippen LogP contribution in [0.5, 0.6) is 5.75 Å². The number of benzene rings is 1. The van der Waals surface area contributed by atoms with Crippen LogP contribution in [0, 0.1) is 6.92 Å². The molecule has 1 aromatic carbocycles. The average Bonchev–Trinajstić information content (AvgIpc) is 3.02. The molecule has 0 spiro atoms. The molecule has 0 amide bonds. The SMILES string of the molecule is CC(C)c1cncc2c1OCCN2.Cc1noc2ccc(C(C)C)cc12. The van der Waals surface area contributed by atoms with E-state index in [-0.39, 0.29) is 0 Å². The van der Waals surface area contributed by atoms with E-state index in [0.29, 0.717) is 11.8 Å². The van der Waals surface area contributed by atoms with Crippen molar-refractivity contribution in [2.45, 2.75) is 46.5 Å². The van der Waals surface area contributed by atoms with Gasteiger partial charge in [-0.1, -0.05) is 38.9 Å². The monoisotopic (exact) mass is 353 g/mol. The summed E-state index contributed by atoms with van der Waals surface area (Å²) in [7, 11) is 0. The van der Waals surface area contributed by atoms with E-state index in [1.54, 1.807) is 0 Å². The van der Waals surface area contributed by atoms with E-state index in [9.17, 15) is 0 Å². The number of anilines is 1. The molecule has 1 aliphatic rings. The fraction of sp³-hybridized carbons (Fsp3) is 0.429. The number of pyridine rings is 1. The highest BCUT2D eigenvalue weighted by molar-refractivity contribution is 5.80. The summed E-state index contributed by atoms with van der Waals surface area (Å²) >= 11 is 0. The molecular weight excluding hydrogens is 326 g/mol. The van der Waals surface area contributed by atoms with Crippen molar-refractivity contribution in [1.82, 2.24) is 10.1 Å². The number of aromatic nitrogens is 2. The molecule has 138 valence electrons. The summed E-state index contributed by atoms with van der Waals surface area (Å²) in [6.07, 6.45) is 3.71. The van der Waals surface area contributed by atoms with Crippen LogP contribution in [0.25, 0.3) is 11.0 Å². The van der Waals surface area contributed by atoms with Gasteiger partial charge in [0, 0.05) is 23.7 Å². The third-order valence-corrected chi connectivity index (χ3v) is 4.55. The smallest absolute Gasteiger partial charge is 0.167 e. The quantitative estimate of drug-likeness (QED) is 0.680. The van der Waals surface area contributed by atoms with E-state index in [2.05, 4.69) is 55.3 Å². The minimum Gasteiger partial charge on any atom is -0.489 e. The Hall–Kier alpha value is -2.56. The highest BCUT2D eigenvalue weighted by Gasteiger charge is 2.16. The molecule has 4 rings (SSSR count). The molecule has 1 aliphatic heterocycles. The number of nitrogens with one attached hydrogen (secondary N) is 1. The first kappa shape index (κ1) is 18.2. The van der Waals surface area contributed by atoms with Crippen molar-refractivity contribution >= 4 is 16.7 Å². The van der Waals surface area contributed by atoms with Crippen LogP contribution in [0.1, 0.15) is 56.4 Å². The van der Waals surface area contributed by atoms with Gasteiger partial charge < -0.3 is 14.6 Å². The first-order valence-electron chi connectivity index (χ1n) is 9.18. The Balaban J connectivity index is 0.000000151. The van der Waals surface area contributed by atoms with Crippen molar-refractivity contribution in [2.24, 2.45) is 0 Å². The molecule has 0 unspecified atom stereocenters. The first-order valence-corrected chi connectivity index (χ1v) is 9.18. The molecule has 0 saturated carbocycles. The lowest BCUT2D eigenvalue weighted by Gasteiger charge is -2.22. The molecule has 0 radical (unpaired) electrons. The van der Waals surface area contributed by atoms with Crippen LogP contribution < -0.4 is 10.1 Å². The Morgan fingerprint density at radius 1 is 1.08 bits per heavy atom. The number of hydrogen-bond acceptors (Lipinski definition) is 5. The standard InChI is InChI=1S/C11H13NO.C10H14N2O/c1-7(2)9-4-5-11-10(6-9)8(3)12-13-11;1-7(2)8-5-11-6-9-10(8)13-4-3-12-9/h4-7H,1-3H3;5-7,12H,3-4H2,1-2H3. The van der Waals surface area contributed by atoms with Gasteiger partial charge in [-0.05, 0) is 36.5 Å². The highest BCUT2D eigenvalue weighted by Crippen LogP contribution is 2.34. The van der Waals surface area contributed by atoms with Gasteiger partial charge in [-0.3, -0.25) is 4.98 Å². The number of fused-ring (bicyclic) bond motifs is 2. The predicted octanol–water partition coefficient (Wildman–Crippen LogP) is 5.27. The molecule has 3 heterocycles. The maximum absolute atomic E-state index is 5.61. The number of nitrogens with zero attached hydrogens (tertiary/aromatic N) is 2. The lowest BCUT2D eigenvalue weighted by Crippen LogP contribution is -2.19. The highest BCUT2D eigenvalue weighted by atomic mass is 16.5. The van der Waals surface area contributed by atoms with Crippen LogP contribution in [0.15, 0.2) is 35.1 Å². The van der Waals surface area contributed by atoms with E-state index in [0.717, 1.165) is 41.3 Å². The number of rotatable bonds is 2. The zero-order chi connectivity index (χ0) is 18.7. The summed E-state index contributed by atoms with van der Waals surface area (Å²) in [5, 5.41) is 8.32. The largest absolute Gasteiger partial charge is 0.489 e. The summed E-state index contributed by atoms with van der Waals surface area (Å²) in [4.78, 5) is 4.18. The molecule has 1 N–H and O–H groups in total. The minimum absolute atomic E-state index is 0.461. The van der Waals surface area contributed by atoms with E-state index in [1.165, 1.54) is 11.1 Å². The van der Waals surface area contributed by atoms with Gasteiger partial charge in [-0.25, -0.2) is 0 Å². The minimum atomic E-state index is 0.461. The molecule has 0 aliphatic carbocycles. The summed E-state index contributed by atoms with van der Waals surface area (Å²) < 4.78 is 10.7. The van der Waals surface area contributed by atoms with Gasteiger partial charge in [0.2, 0.25) is 0 Å². The van der Waals surface area contributed by atoms with Gasteiger partial charge in [0.15, 0.2) is 5.58 Å². The van der Waals surface area contributed by atoms with E-state index in [4.69, 9.17) is 9.26 Å². The van der Waals surface area contributed by atoms with Gasteiger partial charge in [-0.2, -0.15) is 0 Å². The molecule has 2 aromatic heterocycles. The van der Waals surface area contributed by atoms with Crippen molar-refractivity contribution in [3.63, 3.8) is 0 Å². The Morgan fingerprint density at radius 3 is 2.62 bits per heavy atom. The maximum Gasteiger partial charge on any atom is 0.167 e. The molecule has 5 nitrogen and oxygen atoms in total. The fourth-order valence-electron chi connectivity index (χ4n) is 2.94. The number of aryl methyl sites for hydroxylation is 1. The molecule has 0 bridgehead atoms. The van der Waals surface area contributed by atoms with Gasteiger partial charge in [0.25, 0.3) is 0 Å². The van der Waals surface area contributed by atoms with Gasteiger partial charge in [0.05, 0.1) is 17.6 Å². The molecule has 3 aromatic rings. The van der Waals surface area contributed by atoms with E-state index < -0.39 is 0 Å². The zero-order valence-corrected chi connectivity index (χ0v) is 16.2. The topological polar surface area (TPSA) is 60.2 Å². The summed E-state index contributed by atoms with van der Waals surface area (Å²) in [6.45, 7) is 12.3. The van der Waals surface area contributed by atoms with Crippen molar-refractivity contribution in [3.8, 4) is 5.75 Å². The number of hydrogen-bond donors (Lipinski definition) is 1.